The zero-order valence-corrected chi connectivity index (χ0v) is 26.9. The summed E-state index contributed by atoms with van der Waals surface area (Å²) in [4.78, 5) is 10.2. The van der Waals surface area contributed by atoms with Gasteiger partial charge in [0.05, 0.1) is 11.4 Å². The molecule has 0 atom stereocenters. The molecule has 6 aromatic carbocycles. The van der Waals surface area contributed by atoms with Crippen LogP contribution in [0.5, 0.6) is 0 Å². The lowest BCUT2D eigenvalue weighted by Gasteiger charge is -2.36. The van der Waals surface area contributed by atoms with Gasteiger partial charge < -0.3 is 0 Å². The fourth-order valence-electron chi connectivity index (χ4n) is 8.18. The molecule has 7 aromatic rings. The van der Waals surface area contributed by atoms with Crippen molar-refractivity contribution in [2.24, 2.45) is 0 Å². The van der Waals surface area contributed by atoms with E-state index in [1.165, 1.54) is 76.6 Å². The zero-order chi connectivity index (χ0) is 31.9. The van der Waals surface area contributed by atoms with Gasteiger partial charge in [-0.15, -0.1) is 0 Å². The van der Waals surface area contributed by atoms with Crippen LogP contribution < -0.4 is 0 Å². The third kappa shape index (κ3) is 4.88. The lowest BCUT2D eigenvalue weighted by molar-refractivity contribution is 0.353. The molecule has 0 aliphatic heterocycles. The van der Waals surface area contributed by atoms with Crippen LogP contribution in [0.3, 0.4) is 0 Å². The normalized spacial score (nSPS) is 14.4. The Bertz CT molecular complexity index is 2230. The summed E-state index contributed by atoms with van der Waals surface area (Å²) >= 11 is 0. The maximum Gasteiger partial charge on any atom is 0.160 e. The number of rotatable bonds is 5. The lowest BCUT2D eigenvalue weighted by Crippen LogP contribution is -2.27. The van der Waals surface area contributed by atoms with Crippen molar-refractivity contribution in [3.8, 4) is 67.3 Å². The SMILES string of the molecule is c1ccc(-c2ccc(-c3cc(-c4ccccc4)nc(-c4ccc(-c5cccc6c5-c5ccccc5C65CCCCC5)cc4)n3)cc2)cc1. The topological polar surface area (TPSA) is 25.8 Å². The first-order valence-corrected chi connectivity index (χ1v) is 17.2. The van der Waals surface area contributed by atoms with Crippen LogP contribution in [-0.4, -0.2) is 9.97 Å². The number of hydrogen-bond acceptors (Lipinski definition) is 2. The number of fused-ring (bicyclic) bond motifs is 5. The highest BCUT2D eigenvalue weighted by Gasteiger charge is 2.44. The van der Waals surface area contributed by atoms with Gasteiger partial charge in [-0.3, -0.25) is 0 Å². The molecule has 0 radical (unpaired) electrons. The Kier molecular flexibility index (Phi) is 7.08. The molecule has 0 N–H and O–H groups in total. The lowest BCUT2D eigenvalue weighted by atomic mass is 9.68. The zero-order valence-electron chi connectivity index (χ0n) is 26.9. The summed E-state index contributed by atoms with van der Waals surface area (Å²) in [5, 5.41) is 0. The van der Waals surface area contributed by atoms with Crippen molar-refractivity contribution in [3.63, 3.8) is 0 Å². The molecular formula is C46H36N2. The van der Waals surface area contributed by atoms with E-state index >= 15 is 0 Å². The fourth-order valence-corrected chi connectivity index (χ4v) is 8.18. The third-order valence-electron chi connectivity index (χ3n) is 10.5. The van der Waals surface area contributed by atoms with Crippen molar-refractivity contribution in [1.82, 2.24) is 9.97 Å². The first kappa shape index (κ1) is 28.6. The maximum absolute atomic E-state index is 5.14. The van der Waals surface area contributed by atoms with E-state index in [0.29, 0.717) is 0 Å². The van der Waals surface area contributed by atoms with Gasteiger partial charge >= 0.3 is 0 Å². The van der Waals surface area contributed by atoms with Crippen LogP contribution in [0.4, 0.5) is 0 Å². The molecule has 1 aromatic heterocycles. The second-order valence-electron chi connectivity index (χ2n) is 13.3. The van der Waals surface area contributed by atoms with Gasteiger partial charge in [0.1, 0.15) is 0 Å². The van der Waals surface area contributed by atoms with Gasteiger partial charge in [0.15, 0.2) is 5.82 Å². The van der Waals surface area contributed by atoms with Crippen molar-refractivity contribution in [1.29, 1.82) is 0 Å². The minimum Gasteiger partial charge on any atom is -0.228 e. The summed E-state index contributed by atoms with van der Waals surface area (Å²) in [5.74, 6) is 0.731. The molecule has 1 fully saturated rings. The minimum absolute atomic E-state index is 0.154. The molecule has 2 nitrogen and oxygen atoms in total. The third-order valence-corrected chi connectivity index (χ3v) is 10.5. The number of hydrogen-bond donors (Lipinski definition) is 0. The van der Waals surface area contributed by atoms with Gasteiger partial charge in [-0.05, 0) is 63.4 Å². The fraction of sp³-hybridized carbons (Fsp3) is 0.130. The Balaban J connectivity index is 1.11. The van der Waals surface area contributed by atoms with E-state index in [4.69, 9.17) is 9.97 Å². The van der Waals surface area contributed by atoms with E-state index < -0.39 is 0 Å². The largest absolute Gasteiger partial charge is 0.228 e. The molecular weight excluding hydrogens is 581 g/mol. The summed E-state index contributed by atoms with van der Waals surface area (Å²) in [7, 11) is 0. The molecule has 1 saturated carbocycles. The van der Waals surface area contributed by atoms with Gasteiger partial charge in [0.2, 0.25) is 0 Å². The molecule has 230 valence electrons. The summed E-state index contributed by atoms with van der Waals surface area (Å²) in [5.41, 5.74) is 16.0. The van der Waals surface area contributed by atoms with Crippen molar-refractivity contribution in [3.05, 3.63) is 169 Å². The van der Waals surface area contributed by atoms with Crippen LogP contribution in [0.1, 0.15) is 43.2 Å². The quantitative estimate of drug-likeness (QED) is 0.192. The number of benzene rings is 6. The van der Waals surface area contributed by atoms with Crippen LogP contribution in [0.25, 0.3) is 67.3 Å². The summed E-state index contributed by atoms with van der Waals surface area (Å²) in [6, 6.07) is 56.7. The van der Waals surface area contributed by atoms with Crippen molar-refractivity contribution < 1.29 is 0 Å². The average Bonchev–Trinajstić information content (AvgIpc) is 3.44. The number of nitrogens with zero attached hydrogens (tertiary/aromatic N) is 2. The smallest absolute Gasteiger partial charge is 0.160 e. The molecule has 2 aliphatic carbocycles. The van der Waals surface area contributed by atoms with E-state index in [0.717, 1.165) is 33.9 Å². The van der Waals surface area contributed by atoms with Gasteiger partial charge in [-0.1, -0.05) is 171 Å². The Morgan fingerprint density at radius 3 is 1.58 bits per heavy atom. The van der Waals surface area contributed by atoms with Gasteiger partial charge in [0.25, 0.3) is 0 Å². The second kappa shape index (κ2) is 11.9. The molecule has 2 aliphatic rings. The van der Waals surface area contributed by atoms with Gasteiger partial charge in [0, 0.05) is 22.1 Å². The van der Waals surface area contributed by atoms with Crippen molar-refractivity contribution in [2.75, 3.05) is 0 Å². The predicted octanol–water partition coefficient (Wildman–Crippen LogP) is 12.0. The molecule has 0 unspecified atom stereocenters. The van der Waals surface area contributed by atoms with Gasteiger partial charge in [-0.2, -0.15) is 0 Å². The van der Waals surface area contributed by atoms with E-state index in [1.54, 1.807) is 0 Å². The first-order chi connectivity index (χ1) is 23.8. The first-order valence-electron chi connectivity index (χ1n) is 17.2. The standard InChI is InChI=1S/C46H36N2/c1-4-13-32(14-5-1)33-21-25-36(26-22-33)43-31-42(35-15-6-2-7-16-35)47-45(48-43)37-27-23-34(24-28-37)38-18-12-20-41-44(38)39-17-8-9-19-40(39)46(41)29-10-3-11-30-46/h1-2,4-9,12-28,31H,3,10-11,29-30H2. The highest BCUT2D eigenvalue weighted by atomic mass is 14.9. The summed E-state index contributed by atoms with van der Waals surface area (Å²) in [6.45, 7) is 0. The monoisotopic (exact) mass is 616 g/mol. The summed E-state index contributed by atoms with van der Waals surface area (Å²) < 4.78 is 0. The van der Waals surface area contributed by atoms with Crippen LogP contribution in [-0.2, 0) is 5.41 Å². The molecule has 1 heterocycles. The van der Waals surface area contributed by atoms with E-state index in [9.17, 15) is 0 Å². The van der Waals surface area contributed by atoms with Crippen LogP contribution >= 0.6 is 0 Å². The van der Waals surface area contributed by atoms with Crippen LogP contribution in [0.15, 0.2) is 158 Å². The van der Waals surface area contributed by atoms with E-state index in [1.807, 2.05) is 6.07 Å². The Labute approximate surface area is 282 Å². The molecule has 9 rings (SSSR count). The minimum atomic E-state index is 0.154. The Morgan fingerprint density at radius 2 is 0.875 bits per heavy atom. The Hall–Kier alpha value is -5.60. The van der Waals surface area contributed by atoms with E-state index in [-0.39, 0.29) is 5.41 Å². The second-order valence-corrected chi connectivity index (χ2v) is 13.3. The highest BCUT2D eigenvalue weighted by Crippen LogP contribution is 2.57. The molecule has 0 saturated heterocycles. The van der Waals surface area contributed by atoms with Crippen molar-refractivity contribution in [2.45, 2.75) is 37.5 Å². The molecule has 1 spiro atoms. The highest BCUT2D eigenvalue weighted by molar-refractivity contribution is 5.93. The average molecular weight is 617 g/mol. The Morgan fingerprint density at radius 1 is 0.375 bits per heavy atom. The van der Waals surface area contributed by atoms with E-state index in [2.05, 4.69) is 152 Å². The van der Waals surface area contributed by atoms with Crippen LogP contribution in [0, 0.1) is 0 Å². The summed E-state index contributed by atoms with van der Waals surface area (Å²) in [6.07, 6.45) is 6.42. The van der Waals surface area contributed by atoms with Crippen LogP contribution in [0.2, 0.25) is 0 Å². The predicted molar refractivity (Wildman–Crippen MR) is 199 cm³/mol. The number of aromatic nitrogens is 2. The maximum atomic E-state index is 5.14. The van der Waals surface area contributed by atoms with Crippen molar-refractivity contribution >= 4 is 0 Å². The molecule has 0 amide bonds. The molecule has 2 heteroatoms. The molecule has 0 bridgehead atoms. The molecule has 48 heavy (non-hydrogen) atoms. The van der Waals surface area contributed by atoms with Gasteiger partial charge in [-0.25, -0.2) is 9.97 Å².